The number of hydrogen-bond donors (Lipinski definition) is 2. The quantitative estimate of drug-likeness (QED) is 0.284. The van der Waals surface area contributed by atoms with Crippen LogP contribution in [0.15, 0.2) is 16.1 Å². The summed E-state index contributed by atoms with van der Waals surface area (Å²) in [5.41, 5.74) is 12.6. The normalized spacial score (nSPS) is 42.7. The van der Waals surface area contributed by atoms with Crippen LogP contribution in [-0.4, -0.2) is 29.7 Å². The van der Waals surface area contributed by atoms with E-state index in [0.29, 0.717) is 24.2 Å². The minimum atomic E-state index is -0.879. The molecule has 0 heterocycles. The fourth-order valence-electron chi connectivity index (χ4n) is 11.2. The van der Waals surface area contributed by atoms with E-state index < -0.39 is 5.41 Å². The summed E-state index contributed by atoms with van der Waals surface area (Å²) >= 11 is 0. The van der Waals surface area contributed by atoms with E-state index >= 15 is 0 Å². The second-order valence-corrected chi connectivity index (χ2v) is 14.9. The SMILES string of the molecule is CC(=O)O[C@H]1CC[C@@]2(C)C(CC[C@@]3(C)C4CCC5(C(=O)N=C(N)N)CC(=O)C(C(C)C)=C5C4CCC32)C1(C)C. The maximum Gasteiger partial charge on any atom is 0.302 e. The van der Waals surface area contributed by atoms with Crippen LogP contribution < -0.4 is 11.5 Å². The third kappa shape index (κ3) is 3.95. The van der Waals surface area contributed by atoms with Gasteiger partial charge in [-0.1, -0.05) is 41.5 Å². The van der Waals surface area contributed by atoms with E-state index in [4.69, 9.17) is 16.2 Å². The summed E-state index contributed by atoms with van der Waals surface area (Å²) in [6.07, 6.45) is 8.05. The van der Waals surface area contributed by atoms with Gasteiger partial charge in [-0.25, -0.2) is 0 Å². The van der Waals surface area contributed by atoms with Crippen LogP contribution in [0.3, 0.4) is 0 Å². The number of ether oxygens (including phenoxy) is 1. The molecule has 0 aliphatic heterocycles. The van der Waals surface area contributed by atoms with Crippen molar-refractivity contribution in [2.45, 2.75) is 112 Å². The van der Waals surface area contributed by atoms with Crippen LogP contribution in [0.2, 0.25) is 0 Å². The highest BCUT2D eigenvalue weighted by molar-refractivity contribution is 6.08. The number of aliphatic imine (C=N–C) groups is 1. The van der Waals surface area contributed by atoms with Crippen molar-refractivity contribution in [1.82, 2.24) is 0 Å². The second-order valence-electron chi connectivity index (χ2n) is 14.9. The second kappa shape index (κ2) is 9.17. The number of hydrogen-bond acceptors (Lipinski definition) is 4. The van der Waals surface area contributed by atoms with Crippen LogP contribution in [0.4, 0.5) is 0 Å². The molecule has 5 aliphatic carbocycles. The van der Waals surface area contributed by atoms with Crippen molar-refractivity contribution in [1.29, 1.82) is 0 Å². The first kappa shape index (κ1) is 28.4. The van der Waals surface area contributed by atoms with Crippen LogP contribution in [-0.2, 0) is 19.1 Å². The Balaban J connectivity index is 1.53. The van der Waals surface area contributed by atoms with Gasteiger partial charge in [0.2, 0.25) is 0 Å². The molecule has 4 N–H and O–H groups in total. The zero-order valence-electron chi connectivity index (χ0n) is 25.1. The Kier molecular flexibility index (Phi) is 6.67. The largest absolute Gasteiger partial charge is 0.462 e. The van der Waals surface area contributed by atoms with Gasteiger partial charge >= 0.3 is 5.97 Å². The van der Waals surface area contributed by atoms with Crippen LogP contribution in [0, 0.1) is 51.2 Å². The molecule has 39 heavy (non-hydrogen) atoms. The number of guanidine groups is 1. The van der Waals surface area contributed by atoms with Crippen molar-refractivity contribution < 1.29 is 19.1 Å². The number of ketones is 1. The van der Waals surface area contributed by atoms with Gasteiger partial charge in [0.15, 0.2) is 11.7 Å². The average molecular weight is 540 g/mol. The summed E-state index contributed by atoms with van der Waals surface area (Å²) in [5, 5.41) is 0. The lowest BCUT2D eigenvalue weighted by Crippen LogP contribution is -2.63. The predicted molar refractivity (Wildman–Crippen MR) is 151 cm³/mol. The lowest BCUT2D eigenvalue weighted by molar-refractivity contribution is -0.212. The highest BCUT2D eigenvalue weighted by Gasteiger charge is 2.67. The third-order valence-electron chi connectivity index (χ3n) is 12.5. The molecule has 216 valence electrons. The van der Waals surface area contributed by atoms with Gasteiger partial charge in [0.25, 0.3) is 5.91 Å². The molecule has 0 spiro atoms. The standard InChI is InChI=1S/C32H49N3O4/c1-17(2)25-21(37)16-32(27(38)35-28(33)34)15-10-20-19(26(25)32)8-9-23-30(20,6)13-11-22-29(4,5)24(39-18(3)36)12-14-31(22,23)7/h17,19-20,22-24H,8-16H2,1-7H3,(H4,33,34,35,38)/t19?,20?,22?,23?,24-,30-,31-,32?/m0/s1. The van der Waals surface area contributed by atoms with Crippen molar-refractivity contribution >= 4 is 23.6 Å². The van der Waals surface area contributed by atoms with E-state index in [0.717, 1.165) is 56.1 Å². The molecule has 5 aliphatic rings. The highest BCUT2D eigenvalue weighted by Crippen LogP contribution is 2.73. The monoisotopic (exact) mass is 539 g/mol. The van der Waals surface area contributed by atoms with E-state index in [1.165, 1.54) is 6.92 Å². The molecule has 4 saturated carbocycles. The fraction of sp³-hybridized carbons (Fsp3) is 0.812. The maximum absolute atomic E-state index is 13.6. The molecule has 0 bridgehead atoms. The fourth-order valence-corrected chi connectivity index (χ4v) is 11.2. The van der Waals surface area contributed by atoms with Crippen molar-refractivity contribution in [2.75, 3.05) is 0 Å². The Morgan fingerprint density at radius 1 is 0.923 bits per heavy atom. The molecule has 8 atom stereocenters. The van der Waals surface area contributed by atoms with Gasteiger partial charge in [-0.2, -0.15) is 4.99 Å². The lowest BCUT2D eigenvalue weighted by atomic mass is 9.36. The van der Waals surface area contributed by atoms with Gasteiger partial charge in [0.05, 0.1) is 5.41 Å². The minimum Gasteiger partial charge on any atom is -0.462 e. The zero-order chi connectivity index (χ0) is 28.7. The third-order valence-corrected chi connectivity index (χ3v) is 12.5. The first-order valence-electron chi connectivity index (χ1n) is 15.2. The first-order chi connectivity index (χ1) is 18.1. The van der Waals surface area contributed by atoms with E-state index in [9.17, 15) is 14.4 Å². The van der Waals surface area contributed by atoms with Crippen molar-refractivity contribution in [2.24, 2.45) is 67.7 Å². The molecule has 1 amide bonds. The van der Waals surface area contributed by atoms with Crippen LogP contribution in [0.25, 0.3) is 0 Å². The molecule has 7 nitrogen and oxygen atoms in total. The number of carbonyl (C=O) groups is 3. The van der Waals surface area contributed by atoms with Crippen LogP contribution >= 0.6 is 0 Å². The predicted octanol–water partition coefficient (Wildman–Crippen LogP) is 5.31. The van der Waals surface area contributed by atoms with Crippen molar-refractivity contribution in [3.05, 3.63) is 11.1 Å². The van der Waals surface area contributed by atoms with Crippen LogP contribution in [0.1, 0.15) is 106 Å². The number of carbonyl (C=O) groups excluding carboxylic acids is 3. The Labute approximate surface area is 234 Å². The van der Waals surface area contributed by atoms with Gasteiger partial charge in [0, 0.05) is 18.8 Å². The molecular formula is C32H49N3O4. The summed E-state index contributed by atoms with van der Waals surface area (Å²) in [7, 11) is 0. The Morgan fingerprint density at radius 2 is 1.59 bits per heavy atom. The molecule has 5 unspecified atom stereocenters. The number of fused-ring (bicyclic) bond motifs is 7. The Bertz CT molecular complexity index is 1150. The van der Waals surface area contributed by atoms with E-state index in [1.807, 2.05) is 0 Å². The molecule has 0 aromatic carbocycles. The molecule has 7 heteroatoms. The number of nitrogens with zero attached hydrogens (tertiary/aromatic N) is 1. The topological polar surface area (TPSA) is 125 Å². The molecule has 0 saturated heterocycles. The number of Topliss-reactive ketones (excluding diaryl/α,β-unsaturated/α-hetero) is 1. The van der Waals surface area contributed by atoms with Crippen molar-refractivity contribution in [3.8, 4) is 0 Å². The molecule has 0 radical (unpaired) electrons. The smallest absolute Gasteiger partial charge is 0.302 e. The van der Waals surface area contributed by atoms with Gasteiger partial charge < -0.3 is 16.2 Å². The van der Waals surface area contributed by atoms with E-state index in [-0.39, 0.29) is 64.2 Å². The average Bonchev–Trinajstić information content (AvgIpc) is 3.13. The molecule has 0 aromatic heterocycles. The number of nitrogens with two attached hydrogens (primary N) is 2. The summed E-state index contributed by atoms with van der Waals surface area (Å²) in [6, 6.07) is 0. The summed E-state index contributed by atoms with van der Waals surface area (Å²) < 4.78 is 5.86. The van der Waals surface area contributed by atoms with Gasteiger partial charge in [-0.15, -0.1) is 0 Å². The molecule has 4 fully saturated rings. The van der Waals surface area contributed by atoms with Gasteiger partial charge in [-0.05, 0) is 103 Å². The lowest BCUT2D eigenvalue weighted by Gasteiger charge is -2.68. The molecular weight excluding hydrogens is 490 g/mol. The summed E-state index contributed by atoms with van der Waals surface area (Å²) in [6.45, 7) is 15.3. The molecule has 0 aromatic rings. The van der Waals surface area contributed by atoms with Gasteiger partial charge in [-0.3, -0.25) is 14.4 Å². The maximum atomic E-state index is 13.6. The number of allylic oxidation sites excluding steroid dienone is 1. The number of rotatable bonds is 3. The number of amides is 1. The highest BCUT2D eigenvalue weighted by atomic mass is 16.5. The van der Waals surface area contributed by atoms with E-state index in [2.05, 4.69) is 46.5 Å². The first-order valence-corrected chi connectivity index (χ1v) is 15.2. The Hall–Kier alpha value is -2.18. The van der Waals surface area contributed by atoms with Crippen LogP contribution in [0.5, 0.6) is 0 Å². The van der Waals surface area contributed by atoms with E-state index in [1.54, 1.807) is 0 Å². The zero-order valence-corrected chi connectivity index (χ0v) is 25.1. The number of esters is 1. The molecule has 5 rings (SSSR count). The van der Waals surface area contributed by atoms with Gasteiger partial charge in [0.1, 0.15) is 6.10 Å². The van der Waals surface area contributed by atoms with Crippen molar-refractivity contribution in [3.63, 3.8) is 0 Å². The summed E-state index contributed by atoms with van der Waals surface area (Å²) in [4.78, 5) is 43.0. The summed E-state index contributed by atoms with van der Waals surface area (Å²) in [5.74, 6) is 1.13. The minimum absolute atomic E-state index is 0.0335. The Morgan fingerprint density at radius 3 is 2.21 bits per heavy atom.